The molecule has 2 fully saturated rings. The van der Waals surface area contributed by atoms with E-state index in [1.54, 1.807) is 18.5 Å². The molecule has 0 unspecified atom stereocenters. The van der Waals surface area contributed by atoms with Crippen molar-refractivity contribution in [2.45, 2.75) is 18.9 Å². The Labute approximate surface area is 214 Å². The van der Waals surface area contributed by atoms with Crippen LogP contribution in [0.25, 0.3) is 11.4 Å². The highest BCUT2D eigenvalue weighted by Crippen LogP contribution is 2.26. The van der Waals surface area contributed by atoms with Crippen LogP contribution in [0.15, 0.2) is 42.7 Å². The van der Waals surface area contributed by atoms with Crippen molar-refractivity contribution in [2.24, 2.45) is 0 Å². The predicted octanol–water partition coefficient (Wildman–Crippen LogP) is 1.56. The van der Waals surface area contributed by atoms with Crippen molar-refractivity contribution >= 4 is 23.1 Å². The van der Waals surface area contributed by atoms with Gasteiger partial charge < -0.3 is 20.1 Å². The van der Waals surface area contributed by atoms with Crippen molar-refractivity contribution in [3.8, 4) is 17.5 Å². The highest BCUT2D eigenvalue weighted by Gasteiger charge is 2.23. The van der Waals surface area contributed by atoms with Gasteiger partial charge in [-0.25, -0.2) is 15.0 Å². The zero-order valence-corrected chi connectivity index (χ0v) is 20.4. The smallest absolute Gasteiger partial charge is 0.227 e. The first-order chi connectivity index (χ1) is 18.1. The van der Waals surface area contributed by atoms with Gasteiger partial charge in [0.15, 0.2) is 11.5 Å². The molecule has 3 aromatic rings. The number of ketones is 1. The zero-order chi connectivity index (χ0) is 25.6. The Balaban J connectivity index is 1.23. The number of ether oxygens (including phenoxy) is 1. The Morgan fingerprint density at radius 3 is 2.68 bits per heavy atom. The highest BCUT2D eigenvalue weighted by atomic mass is 16.5. The summed E-state index contributed by atoms with van der Waals surface area (Å²) < 4.78 is 5.32. The lowest BCUT2D eigenvalue weighted by atomic mass is 10.2. The number of nitrogens with one attached hydrogen (secondary N) is 1. The van der Waals surface area contributed by atoms with Crippen LogP contribution in [0.2, 0.25) is 0 Å². The van der Waals surface area contributed by atoms with Gasteiger partial charge in [-0.3, -0.25) is 14.7 Å². The predicted molar refractivity (Wildman–Crippen MR) is 136 cm³/mol. The van der Waals surface area contributed by atoms with Crippen LogP contribution in [0.5, 0.6) is 0 Å². The van der Waals surface area contributed by atoms with Crippen LogP contribution in [-0.4, -0.2) is 87.8 Å². The van der Waals surface area contributed by atoms with Gasteiger partial charge >= 0.3 is 0 Å². The van der Waals surface area contributed by atoms with Crippen molar-refractivity contribution < 1.29 is 14.6 Å². The second-order valence-corrected chi connectivity index (χ2v) is 9.10. The van der Waals surface area contributed by atoms with Gasteiger partial charge in [0.1, 0.15) is 6.07 Å². The third-order valence-electron chi connectivity index (χ3n) is 6.36. The number of nitrogens with zero attached hydrogens (tertiary/aromatic N) is 7. The Bertz CT molecular complexity index is 1290. The molecule has 11 nitrogen and oxygen atoms in total. The molecule has 0 radical (unpaired) electrons. The number of aromatic nitrogens is 4. The van der Waals surface area contributed by atoms with Crippen molar-refractivity contribution in [3.63, 3.8) is 0 Å². The van der Waals surface area contributed by atoms with Crippen LogP contribution >= 0.6 is 0 Å². The number of carbonyl (C=O) groups is 1. The van der Waals surface area contributed by atoms with E-state index in [9.17, 15) is 15.2 Å². The summed E-state index contributed by atoms with van der Waals surface area (Å²) in [7, 11) is 0. The number of morpholine rings is 1. The Morgan fingerprint density at radius 1 is 1.11 bits per heavy atom. The topological polar surface area (TPSA) is 140 Å². The van der Waals surface area contributed by atoms with Gasteiger partial charge in [-0.05, 0) is 36.8 Å². The molecule has 5 heterocycles. The monoisotopic (exact) mass is 500 g/mol. The van der Waals surface area contributed by atoms with E-state index in [1.165, 1.54) is 0 Å². The Morgan fingerprint density at radius 2 is 1.95 bits per heavy atom. The fourth-order valence-corrected chi connectivity index (χ4v) is 4.45. The first-order valence-electron chi connectivity index (χ1n) is 12.3. The maximum Gasteiger partial charge on any atom is 0.227 e. The average molecular weight is 501 g/mol. The molecule has 0 amide bonds. The molecule has 0 bridgehead atoms. The molecule has 11 heteroatoms. The largest absolute Gasteiger partial charge is 0.391 e. The average Bonchev–Trinajstić information content (AvgIpc) is 3.36. The van der Waals surface area contributed by atoms with E-state index in [1.807, 2.05) is 29.2 Å². The number of aliphatic hydroxyl groups excluding tert-OH is 1. The number of hydrogen-bond acceptors (Lipinski definition) is 11. The molecule has 2 aliphatic heterocycles. The second-order valence-electron chi connectivity index (χ2n) is 9.10. The molecule has 37 heavy (non-hydrogen) atoms. The minimum atomic E-state index is -0.388. The van der Waals surface area contributed by atoms with Gasteiger partial charge in [0.2, 0.25) is 5.95 Å². The molecule has 190 valence electrons. The molecular formula is C26H28N8O3. The van der Waals surface area contributed by atoms with Gasteiger partial charge in [-0.15, -0.1) is 0 Å². The van der Waals surface area contributed by atoms with Gasteiger partial charge in [-0.2, -0.15) is 5.26 Å². The Kier molecular flexibility index (Phi) is 7.60. The highest BCUT2D eigenvalue weighted by molar-refractivity contribution is 5.82. The summed E-state index contributed by atoms with van der Waals surface area (Å²) in [6, 6.07) is 11.2. The first-order valence-corrected chi connectivity index (χ1v) is 12.3. The summed E-state index contributed by atoms with van der Waals surface area (Å²) in [5.41, 5.74) is 3.53. The molecule has 0 saturated carbocycles. The molecule has 2 N–H and O–H groups in total. The van der Waals surface area contributed by atoms with Crippen molar-refractivity contribution in [1.82, 2.24) is 24.8 Å². The number of rotatable bonds is 8. The SMILES string of the molecule is N#Cc1nc(-c2ccnc(Nc3ccc(CC(=O)CN4CCOCC4)nc3)n2)ccc1N1CC[C@H](O)C1. The number of aliphatic hydroxyl groups is 1. The van der Waals surface area contributed by atoms with Crippen molar-refractivity contribution in [3.05, 3.63) is 54.1 Å². The van der Waals surface area contributed by atoms with Crippen molar-refractivity contribution in [2.75, 3.05) is 56.2 Å². The lowest BCUT2D eigenvalue weighted by Crippen LogP contribution is -2.39. The molecule has 2 aliphatic rings. The quantitative estimate of drug-likeness (QED) is 0.465. The zero-order valence-electron chi connectivity index (χ0n) is 20.4. The number of β-amino-alcohol motifs (C(OH)–C–C–N with tert-alkyl or cyclic N) is 1. The third-order valence-corrected chi connectivity index (χ3v) is 6.36. The van der Waals surface area contributed by atoms with E-state index in [0.29, 0.717) is 79.4 Å². The van der Waals surface area contributed by atoms with Crippen LogP contribution in [0.3, 0.4) is 0 Å². The van der Waals surface area contributed by atoms with E-state index in [0.717, 1.165) is 13.1 Å². The number of pyridine rings is 2. The van der Waals surface area contributed by atoms with E-state index in [-0.39, 0.29) is 18.3 Å². The maximum absolute atomic E-state index is 12.4. The summed E-state index contributed by atoms with van der Waals surface area (Å²) in [6.07, 6.45) is 3.84. The lowest BCUT2D eigenvalue weighted by Gasteiger charge is -2.25. The van der Waals surface area contributed by atoms with Crippen LogP contribution in [0.1, 0.15) is 17.8 Å². The van der Waals surface area contributed by atoms with Gasteiger partial charge in [0.05, 0.1) is 61.2 Å². The minimum absolute atomic E-state index is 0.127. The first kappa shape index (κ1) is 24.7. The summed E-state index contributed by atoms with van der Waals surface area (Å²) in [4.78, 5) is 34.2. The van der Waals surface area contributed by atoms with Gasteiger partial charge in [0.25, 0.3) is 0 Å². The molecule has 0 aromatic carbocycles. The summed E-state index contributed by atoms with van der Waals surface area (Å²) >= 11 is 0. The van der Waals surface area contributed by atoms with Gasteiger partial charge in [-0.1, -0.05) is 0 Å². The molecule has 3 aromatic heterocycles. The summed E-state index contributed by atoms with van der Waals surface area (Å²) in [5, 5.41) is 22.6. The van der Waals surface area contributed by atoms with Crippen molar-refractivity contribution in [1.29, 1.82) is 5.26 Å². The fourth-order valence-electron chi connectivity index (χ4n) is 4.45. The number of hydrogen-bond donors (Lipinski definition) is 2. The third kappa shape index (κ3) is 6.24. The van der Waals surface area contributed by atoms with Crippen LogP contribution in [0.4, 0.5) is 17.3 Å². The molecule has 0 aliphatic carbocycles. The maximum atomic E-state index is 12.4. The molecule has 2 saturated heterocycles. The van der Waals surface area contributed by atoms with Crippen LogP contribution < -0.4 is 10.2 Å². The van der Waals surface area contributed by atoms with Crippen LogP contribution in [0, 0.1) is 11.3 Å². The molecular weight excluding hydrogens is 472 g/mol. The van der Waals surface area contributed by atoms with E-state index in [2.05, 4.69) is 36.2 Å². The number of nitriles is 1. The summed E-state index contributed by atoms with van der Waals surface area (Å²) in [6.45, 7) is 4.48. The fraction of sp³-hybridized carbons (Fsp3) is 0.385. The van der Waals surface area contributed by atoms with E-state index < -0.39 is 0 Å². The number of carbonyl (C=O) groups excluding carboxylic acids is 1. The Hall–Kier alpha value is -3.98. The summed E-state index contributed by atoms with van der Waals surface area (Å²) in [5.74, 6) is 0.491. The van der Waals surface area contributed by atoms with Crippen LogP contribution in [-0.2, 0) is 16.0 Å². The normalized spacial score (nSPS) is 17.9. The van der Waals surface area contributed by atoms with Gasteiger partial charge in [0, 0.05) is 38.1 Å². The molecule has 1 atom stereocenters. The minimum Gasteiger partial charge on any atom is -0.391 e. The molecule has 0 spiro atoms. The second kappa shape index (κ2) is 11.4. The van der Waals surface area contributed by atoms with E-state index in [4.69, 9.17) is 4.74 Å². The lowest BCUT2D eigenvalue weighted by molar-refractivity contribution is -0.120. The number of anilines is 3. The van der Waals surface area contributed by atoms with E-state index >= 15 is 0 Å². The number of Topliss-reactive ketones (excluding diaryl/α,β-unsaturated/α-hetero) is 1. The molecule has 5 rings (SSSR count). The standard InChI is InChI=1S/C26H28N8O3/c27-14-24-25(34-8-6-20(35)17-34)4-3-22(31-24)23-5-7-28-26(32-23)30-19-2-1-18(29-15-19)13-21(36)16-33-9-11-37-12-10-33/h1-5,7,15,20,35H,6,8-13,16-17H2,(H,28,30,32)/t20-/m0/s1.